The van der Waals surface area contributed by atoms with Crippen molar-refractivity contribution >= 4 is 15.7 Å². The van der Waals surface area contributed by atoms with Gasteiger partial charge in [-0.15, -0.1) is 0 Å². The molecule has 0 spiro atoms. The summed E-state index contributed by atoms with van der Waals surface area (Å²) in [6.45, 7) is 3.31. The number of aliphatic hydroxyl groups is 2. The molecular weight excluding hydrogens is 302 g/mol. The zero-order valence-corrected chi connectivity index (χ0v) is 13.3. The predicted octanol–water partition coefficient (Wildman–Crippen LogP) is 2.09. The van der Waals surface area contributed by atoms with Crippen molar-refractivity contribution in [1.29, 1.82) is 0 Å². The maximum absolute atomic E-state index is 12.4. The van der Waals surface area contributed by atoms with E-state index in [-0.39, 0.29) is 18.1 Å². The normalized spacial score (nSPS) is 11.5. The Morgan fingerprint density at radius 3 is 2.00 bits per heavy atom. The molecule has 0 saturated carbocycles. The minimum atomic E-state index is -3.72. The van der Waals surface area contributed by atoms with Gasteiger partial charge in [0.15, 0.2) is 0 Å². The fourth-order valence-corrected chi connectivity index (χ4v) is 3.22. The molecule has 2 aromatic carbocycles. The van der Waals surface area contributed by atoms with Crippen molar-refractivity contribution in [3.8, 4) is 0 Å². The first-order valence-electron chi connectivity index (χ1n) is 6.80. The summed E-state index contributed by atoms with van der Waals surface area (Å²) in [5, 5.41) is 18.4. The highest BCUT2D eigenvalue weighted by Gasteiger charge is 2.15. The van der Waals surface area contributed by atoms with Crippen molar-refractivity contribution in [3.05, 3.63) is 58.7 Å². The molecule has 0 atom stereocenters. The van der Waals surface area contributed by atoms with Gasteiger partial charge in [0.25, 0.3) is 10.0 Å². The van der Waals surface area contributed by atoms with Crippen LogP contribution in [-0.2, 0) is 23.2 Å². The molecule has 22 heavy (non-hydrogen) atoms. The van der Waals surface area contributed by atoms with E-state index >= 15 is 0 Å². The van der Waals surface area contributed by atoms with Crippen molar-refractivity contribution in [2.45, 2.75) is 32.0 Å². The van der Waals surface area contributed by atoms with Gasteiger partial charge in [0.05, 0.1) is 18.1 Å². The Balaban J connectivity index is 2.37. The fraction of sp³-hybridized carbons (Fsp3) is 0.250. The molecule has 0 aliphatic carbocycles. The Morgan fingerprint density at radius 2 is 1.50 bits per heavy atom. The molecular formula is C16H19NO4S. The summed E-state index contributed by atoms with van der Waals surface area (Å²) in [4.78, 5) is 0.176. The van der Waals surface area contributed by atoms with E-state index in [1.165, 1.54) is 12.1 Å². The lowest BCUT2D eigenvalue weighted by atomic mass is 10.1. The smallest absolute Gasteiger partial charge is 0.261 e. The topological polar surface area (TPSA) is 86.6 Å². The third-order valence-corrected chi connectivity index (χ3v) is 4.84. The zero-order valence-electron chi connectivity index (χ0n) is 12.5. The predicted molar refractivity (Wildman–Crippen MR) is 85.0 cm³/mol. The first kappa shape index (κ1) is 16.5. The van der Waals surface area contributed by atoms with E-state index in [1.54, 1.807) is 24.3 Å². The van der Waals surface area contributed by atoms with Gasteiger partial charge in [0, 0.05) is 5.69 Å². The van der Waals surface area contributed by atoms with Gasteiger partial charge in [-0.2, -0.15) is 0 Å². The van der Waals surface area contributed by atoms with Gasteiger partial charge < -0.3 is 10.2 Å². The van der Waals surface area contributed by atoms with Gasteiger partial charge in [0.2, 0.25) is 0 Å². The molecule has 0 amide bonds. The van der Waals surface area contributed by atoms with Crippen LogP contribution in [0.4, 0.5) is 5.69 Å². The summed E-state index contributed by atoms with van der Waals surface area (Å²) in [6.07, 6.45) is 0. The Labute approximate surface area is 130 Å². The van der Waals surface area contributed by atoms with E-state index in [2.05, 4.69) is 4.72 Å². The van der Waals surface area contributed by atoms with Crippen LogP contribution in [0.2, 0.25) is 0 Å². The summed E-state index contributed by atoms with van der Waals surface area (Å²) < 4.78 is 27.3. The molecule has 0 heterocycles. The van der Waals surface area contributed by atoms with Crippen molar-refractivity contribution in [2.24, 2.45) is 0 Å². The summed E-state index contributed by atoms with van der Waals surface area (Å²) in [5.41, 5.74) is 3.29. The van der Waals surface area contributed by atoms with E-state index in [0.717, 1.165) is 11.1 Å². The van der Waals surface area contributed by atoms with Gasteiger partial charge in [-0.1, -0.05) is 12.1 Å². The molecule has 0 radical (unpaired) electrons. The maximum Gasteiger partial charge on any atom is 0.261 e. The molecule has 2 aromatic rings. The summed E-state index contributed by atoms with van der Waals surface area (Å²) >= 11 is 0. The molecule has 0 aromatic heterocycles. The molecule has 0 aliphatic heterocycles. The van der Waals surface area contributed by atoms with E-state index in [0.29, 0.717) is 16.8 Å². The highest BCUT2D eigenvalue weighted by molar-refractivity contribution is 7.92. The lowest BCUT2D eigenvalue weighted by Gasteiger charge is -2.12. The van der Waals surface area contributed by atoms with Gasteiger partial charge >= 0.3 is 0 Å². The first-order chi connectivity index (χ1) is 10.4. The van der Waals surface area contributed by atoms with Gasteiger partial charge in [-0.05, 0) is 60.4 Å². The van der Waals surface area contributed by atoms with Crippen LogP contribution in [0.5, 0.6) is 0 Å². The molecule has 5 nitrogen and oxygen atoms in total. The van der Waals surface area contributed by atoms with Crippen molar-refractivity contribution in [1.82, 2.24) is 0 Å². The second-order valence-corrected chi connectivity index (χ2v) is 6.89. The Morgan fingerprint density at radius 1 is 0.909 bits per heavy atom. The first-order valence-corrected chi connectivity index (χ1v) is 8.28. The summed E-state index contributed by atoms with van der Waals surface area (Å²) in [6, 6.07) is 9.62. The van der Waals surface area contributed by atoms with E-state index in [9.17, 15) is 18.6 Å². The van der Waals surface area contributed by atoms with Crippen LogP contribution in [0, 0.1) is 13.8 Å². The fourth-order valence-electron chi connectivity index (χ4n) is 2.10. The third-order valence-electron chi connectivity index (χ3n) is 3.46. The van der Waals surface area contributed by atoms with Crippen LogP contribution in [0.3, 0.4) is 0 Å². The van der Waals surface area contributed by atoms with Gasteiger partial charge in [-0.25, -0.2) is 8.42 Å². The van der Waals surface area contributed by atoms with Crippen molar-refractivity contribution < 1.29 is 18.6 Å². The minimum absolute atomic E-state index is 0.176. The molecule has 3 N–H and O–H groups in total. The summed E-state index contributed by atoms with van der Waals surface area (Å²) in [7, 11) is -3.72. The minimum Gasteiger partial charge on any atom is -0.392 e. The largest absolute Gasteiger partial charge is 0.392 e. The van der Waals surface area contributed by atoms with Crippen LogP contribution in [0.15, 0.2) is 41.3 Å². The average molecular weight is 321 g/mol. The molecule has 0 fully saturated rings. The third kappa shape index (κ3) is 3.65. The lowest BCUT2D eigenvalue weighted by molar-refractivity contribution is 0.275. The number of anilines is 1. The molecule has 6 heteroatoms. The second-order valence-electron chi connectivity index (χ2n) is 5.21. The standard InChI is InChI=1S/C16H19NO4S/c1-11-3-4-16(5-12(11)2)22(20,21)17-15-7-13(9-18)6-14(8-15)10-19/h3-8,17-19H,9-10H2,1-2H3. The van der Waals surface area contributed by atoms with Crippen LogP contribution < -0.4 is 4.72 Å². The lowest BCUT2D eigenvalue weighted by Crippen LogP contribution is -2.13. The highest BCUT2D eigenvalue weighted by Crippen LogP contribution is 2.21. The molecule has 118 valence electrons. The van der Waals surface area contributed by atoms with E-state index in [1.807, 2.05) is 13.8 Å². The molecule has 0 unspecified atom stereocenters. The maximum atomic E-state index is 12.4. The second kappa shape index (κ2) is 6.48. The number of benzene rings is 2. The van der Waals surface area contributed by atoms with Crippen LogP contribution in [-0.4, -0.2) is 18.6 Å². The van der Waals surface area contributed by atoms with E-state index < -0.39 is 10.0 Å². The average Bonchev–Trinajstić information content (AvgIpc) is 2.48. The quantitative estimate of drug-likeness (QED) is 0.787. The zero-order chi connectivity index (χ0) is 16.3. The molecule has 0 saturated heterocycles. The number of sulfonamides is 1. The number of aliphatic hydroxyl groups excluding tert-OH is 2. The van der Waals surface area contributed by atoms with E-state index in [4.69, 9.17) is 0 Å². The SMILES string of the molecule is Cc1ccc(S(=O)(=O)Nc2cc(CO)cc(CO)c2)cc1C. The summed E-state index contributed by atoms with van der Waals surface area (Å²) in [5.74, 6) is 0. The molecule has 0 aliphatic rings. The Bertz CT molecular complexity index is 762. The Kier molecular flexibility index (Phi) is 4.85. The number of nitrogens with one attached hydrogen (secondary N) is 1. The van der Waals surface area contributed by atoms with Crippen LogP contribution in [0.25, 0.3) is 0 Å². The Hall–Kier alpha value is -1.89. The van der Waals surface area contributed by atoms with Gasteiger partial charge in [0.1, 0.15) is 0 Å². The number of rotatable bonds is 5. The number of aryl methyl sites for hydroxylation is 2. The number of hydrogen-bond donors (Lipinski definition) is 3. The van der Waals surface area contributed by atoms with Crippen LogP contribution >= 0.6 is 0 Å². The number of hydrogen-bond acceptors (Lipinski definition) is 4. The van der Waals surface area contributed by atoms with Crippen LogP contribution in [0.1, 0.15) is 22.3 Å². The van der Waals surface area contributed by atoms with Crippen molar-refractivity contribution in [3.63, 3.8) is 0 Å². The molecule has 0 bridgehead atoms. The van der Waals surface area contributed by atoms with Crippen molar-refractivity contribution in [2.75, 3.05) is 4.72 Å². The highest BCUT2D eigenvalue weighted by atomic mass is 32.2. The monoisotopic (exact) mass is 321 g/mol. The molecule has 2 rings (SSSR count). The van der Waals surface area contributed by atoms with Gasteiger partial charge in [-0.3, -0.25) is 4.72 Å².